The van der Waals surface area contributed by atoms with E-state index in [0.717, 1.165) is 25.7 Å². The largest absolute Gasteiger partial charge is 0.396 e. The molecule has 1 amide bonds. The van der Waals surface area contributed by atoms with Gasteiger partial charge in [0.05, 0.1) is 4.92 Å². The van der Waals surface area contributed by atoms with Crippen LogP contribution in [0, 0.1) is 23.0 Å². The monoisotopic (exact) mass is 292 g/mol. The summed E-state index contributed by atoms with van der Waals surface area (Å²) in [6.45, 7) is 1.72. The zero-order chi connectivity index (χ0) is 15.4. The van der Waals surface area contributed by atoms with E-state index in [4.69, 9.17) is 0 Å². The van der Waals surface area contributed by atoms with E-state index in [1.165, 1.54) is 6.07 Å². The van der Waals surface area contributed by atoms with Crippen LogP contribution < -0.4 is 5.32 Å². The summed E-state index contributed by atoms with van der Waals surface area (Å²) in [5, 5.41) is 23.3. The smallest absolute Gasteiger partial charge is 0.282 e. The molecule has 0 spiro atoms. The van der Waals surface area contributed by atoms with Gasteiger partial charge in [0.2, 0.25) is 0 Å². The van der Waals surface area contributed by atoms with Crippen molar-refractivity contribution in [3.8, 4) is 0 Å². The van der Waals surface area contributed by atoms with Crippen molar-refractivity contribution in [2.75, 3.05) is 6.61 Å². The van der Waals surface area contributed by atoms with Crippen LogP contribution in [0.25, 0.3) is 0 Å². The van der Waals surface area contributed by atoms with Crippen LogP contribution in [0.4, 0.5) is 5.69 Å². The minimum Gasteiger partial charge on any atom is -0.396 e. The van der Waals surface area contributed by atoms with Crippen molar-refractivity contribution in [3.05, 3.63) is 39.4 Å². The van der Waals surface area contributed by atoms with E-state index in [1.54, 1.807) is 19.1 Å². The Morgan fingerprint density at radius 2 is 2.14 bits per heavy atom. The van der Waals surface area contributed by atoms with Crippen molar-refractivity contribution < 1.29 is 14.8 Å². The second-order valence-corrected chi connectivity index (χ2v) is 5.53. The fourth-order valence-corrected chi connectivity index (χ4v) is 2.96. The Balaban J connectivity index is 2.22. The van der Waals surface area contributed by atoms with Gasteiger partial charge in [-0.05, 0) is 25.3 Å². The van der Waals surface area contributed by atoms with Gasteiger partial charge in [-0.15, -0.1) is 0 Å². The molecule has 1 saturated carbocycles. The molecule has 2 atom stereocenters. The Morgan fingerprint density at radius 3 is 2.81 bits per heavy atom. The Bertz CT molecular complexity index is 544. The maximum atomic E-state index is 12.4. The van der Waals surface area contributed by atoms with E-state index in [9.17, 15) is 20.0 Å². The van der Waals surface area contributed by atoms with Crippen LogP contribution in [-0.4, -0.2) is 28.6 Å². The number of nitrogens with one attached hydrogen (secondary N) is 1. The first-order valence-electron chi connectivity index (χ1n) is 7.20. The van der Waals surface area contributed by atoms with E-state index in [-0.39, 0.29) is 29.8 Å². The quantitative estimate of drug-likeness (QED) is 0.657. The fourth-order valence-electron chi connectivity index (χ4n) is 2.96. The predicted molar refractivity (Wildman–Crippen MR) is 78.1 cm³/mol. The molecule has 114 valence electrons. The van der Waals surface area contributed by atoms with Gasteiger partial charge in [0.25, 0.3) is 11.6 Å². The molecule has 1 aromatic carbocycles. The molecule has 0 saturated heterocycles. The van der Waals surface area contributed by atoms with Crippen molar-refractivity contribution in [2.45, 2.75) is 38.6 Å². The summed E-state index contributed by atoms with van der Waals surface area (Å²) >= 11 is 0. The molecule has 6 nitrogen and oxygen atoms in total. The minimum absolute atomic E-state index is 0.0286. The van der Waals surface area contributed by atoms with Gasteiger partial charge in [-0.2, -0.15) is 0 Å². The van der Waals surface area contributed by atoms with Crippen LogP contribution in [0.3, 0.4) is 0 Å². The van der Waals surface area contributed by atoms with Crippen LogP contribution in [0.15, 0.2) is 18.2 Å². The molecule has 0 heterocycles. The number of nitro benzene ring substituents is 1. The molecule has 6 heteroatoms. The highest BCUT2D eigenvalue weighted by Crippen LogP contribution is 2.26. The predicted octanol–water partition coefficient (Wildman–Crippen LogP) is 2.18. The third-order valence-electron chi connectivity index (χ3n) is 4.13. The topological polar surface area (TPSA) is 92.5 Å². The SMILES string of the molecule is Cc1cccc([N+](=O)[O-])c1C(=O)NC1CCCCC1CO. The molecule has 2 rings (SSSR count). The Labute approximate surface area is 123 Å². The van der Waals surface area contributed by atoms with Crippen molar-refractivity contribution in [1.82, 2.24) is 5.32 Å². The number of carbonyl (C=O) groups is 1. The molecule has 2 N–H and O–H groups in total. The minimum atomic E-state index is -0.535. The number of aliphatic hydroxyl groups is 1. The van der Waals surface area contributed by atoms with Crippen molar-refractivity contribution in [1.29, 1.82) is 0 Å². The third kappa shape index (κ3) is 3.39. The zero-order valence-corrected chi connectivity index (χ0v) is 12.0. The summed E-state index contributed by atoms with van der Waals surface area (Å²) in [5.74, 6) is -0.393. The second kappa shape index (κ2) is 6.67. The summed E-state index contributed by atoms with van der Waals surface area (Å²) in [4.78, 5) is 23.0. The summed E-state index contributed by atoms with van der Waals surface area (Å²) in [7, 11) is 0. The van der Waals surface area contributed by atoms with Gasteiger partial charge in [-0.25, -0.2) is 0 Å². The molecular formula is C15H20N2O4. The number of rotatable bonds is 4. The van der Waals surface area contributed by atoms with Crippen molar-refractivity contribution in [3.63, 3.8) is 0 Å². The number of aliphatic hydroxyl groups excluding tert-OH is 1. The first-order valence-corrected chi connectivity index (χ1v) is 7.20. The number of hydrogen-bond donors (Lipinski definition) is 2. The lowest BCUT2D eigenvalue weighted by Gasteiger charge is -2.30. The lowest BCUT2D eigenvalue weighted by atomic mass is 9.85. The van der Waals surface area contributed by atoms with Gasteiger partial charge in [0.1, 0.15) is 5.56 Å². The molecule has 1 fully saturated rings. The normalized spacial score (nSPS) is 21.8. The molecule has 21 heavy (non-hydrogen) atoms. The van der Waals surface area contributed by atoms with Gasteiger partial charge in [0, 0.05) is 24.6 Å². The number of benzene rings is 1. The molecule has 0 bridgehead atoms. The maximum absolute atomic E-state index is 12.4. The second-order valence-electron chi connectivity index (χ2n) is 5.53. The zero-order valence-electron chi connectivity index (χ0n) is 12.0. The van der Waals surface area contributed by atoms with Gasteiger partial charge in [-0.3, -0.25) is 14.9 Å². The fraction of sp³-hybridized carbons (Fsp3) is 0.533. The summed E-state index contributed by atoms with van der Waals surface area (Å²) in [6, 6.07) is 4.48. The molecule has 0 radical (unpaired) electrons. The van der Waals surface area contributed by atoms with Crippen LogP contribution in [0.5, 0.6) is 0 Å². The van der Waals surface area contributed by atoms with Gasteiger partial charge >= 0.3 is 0 Å². The number of nitro groups is 1. The summed E-state index contributed by atoms with van der Waals surface area (Å²) in [6.07, 6.45) is 3.72. The highest BCUT2D eigenvalue weighted by Gasteiger charge is 2.29. The Hall–Kier alpha value is -1.95. The lowest BCUT2D eigenvalue weighted by molar-refractivity contribution is -0.385. The van der Waals surface area contributed by atoms with Crippen LogP contribution in [0.2, 0.25) is 0 Å². The number of amides is 1. The first-order chi connectivity index (χ1) is 10.0. The van der Waals surface area contributed by atoms with E-state index < -0.39 is 10.8 Å². The molecule has 1 aliphatic carbocycles. The van der Waals surface area contributed by atoms with Crippen LogP contribution >= 0.6 is 0 Å². The number of nitrogens with zero attached hydrogens (tertiary/aromatic N) is 1. The average molecular weight is 292 g/mol. The van der Waals surface area contributed by atoms with Crippen LogP contribution in [-0.2, 0) is 0 Å². The van der Waals surface area contributed by atoms with Gasteiger partial charge in [0.15, 0.2) is 0 Å². The average Bonchev–Trinajstić information content (AvgIpc) is 2.47. The summed E-state index contributed by atoms with van der Waals surface area (Å²) in [5.41, 5.74) is 0.520. The van der Waals surface area contributed by atoms with Crippen LogP contribution in [0.1, 0.15) is 41.6 Å². The van der Waals surface area contributed by atoms with Crippen molar-refractivity contribution >= 4 is 11.6 Å². The van der Waals surface area contributed by atoms with E-state index in [0.29, 0.717) is 5.56 Å². The van der Waals surface area contributed by atoms with E-state index >= 15 is 0 Å². The van der Waals surface area contributed by atoms with Gasteiger partial charge < -0.3 is 10.4 Å². The number of carbonyl (C=O) groups excluding carboxylic acids is 1. The standard InChI is InChI=1S/C15H20N2O4/c1-10-5-4-8-13(17(20)21)14(10)15(19)16-12-7-3-2-6-11(12)9-18/h4-5,8,11-12,18H,2-3,6-7,9H2,1H3,(H,16,19). The first kappa shape index (κ1) is 15.4. The molecule has 1 aromatic rings. The van der Waals surface area contributed by atoms with Gasteiger partial charge in [-0.1, -0.05) is 25.0 Å². The molecule has 0 aliphatic heterocycles. The molecule has 0 aromatic heterocycles. The molecule has 1 aliphatic rings. The Kier molecular flexibility index (Phi) is 4.90. The highest BCUT2D eigenvalue weighted by molar-refractivity contribution is 5.99. The van der Waals surface area contributed by atoms with Crippen molar-refractivity contribution in [2.24, 2.45) is 5.92 Å². The highest BCUT2D eigenvalue weighted by atomic mass is 16.6. The third-order valence-corrected chi connectivity index (χ3v) is 4.13. The molecule has 2 unspecified atom stereocenters. The number of hydrogen-bond acceptors (Lipinski definition) is 4. The maximum Gasteiger partial charge on any atom is 0.282 e. The molecular weight excluding hydrogens is 272 g/mol. The Morgan fingerprint density at radius 1 is 1.43 bits per heavy atom. The lowest BCUT2D eigenvalue weighted by Crippen LogP contribution is -2.43. The number of aryl methyl sites for hydroxylation is 1. The van der Waals surface area contributed by atoms with E-state index in [2.05, 4.69) is 5.32 Å². The summed E-state index contributed by atoms with van der Waals surface area (Å²) < 4.78 is 0. The van der Waals surface area contributed by atoms with E-state index in [1.807, 2.05) is 0 Å².